The maximum atomic E-state index is 5.46. The molecule has 2 N–H and O–H groups in total. The van der Waals surface area contributed by atoms with Crippen LogP contribution in [0.1, 0.15) is 0 Å². The molecule has 1 aromatic rings. The van der Waals surface area contributed by atoms with Crippen molar-refractivity contribution >= 4 is 0 Å². The number of benzene rings is 1. The molecule has 0 saturated carbocycles. The first kappa shape index (κ1) is 6.04. The predicted molar refractivity (Wildman–Crippen MR) is 29.3 cm³/mol. The molecule has 2 heteroatoms. The molecule has 1 nitrogen and oxygen atoms in total. The van der Waals surface area contributed by atoms with E-state index in [1.165, 1.54) is 3.57 Å². The zero-order valence-corrected chi connectivity index (χ0v) is 6.50. The van der Waals surface area contributed by atoms with Gasteiger partial charge in [0.1, 0.15) is 0 Å². The van der Waals surface area contributed by atoms with Crippen LogP contribution < -0.4 is 25.4 Å². The van der Waals surface area contributed by atoms with Crippen molar-refractivity contribution < 1.29 is 21.5 Å². The molecule has 0 aliphatic rings. The van der Waals surface area contributed by atoms with Crippen LogP contribution in [-0.4, -0.2) is 0 Å². The Morgan fingerprint density at radius 3 is 2.12 bits per heavy atom. The number of hydrogen-bond donors (Lipinski definition) is 1. The molecule has 0 heterocycles. The van der Waals surface area contributed by atoms with Crippen LogP contribution in [0.2, 0.25) is 0 Å². The first-order valence-corrected chi connectivity index (χ1v) is 4.64. The van der Waals surface area contributed by atoms with Crippen molar-refractivity contribution in [1.29, 1.82) is 0 Å². The van der Waals surface area contributed by atoms with Crippen molar-refractivity contribution in [2.75, 3.05) is 0 Å². The summed E-state index contributed by atoms with van der Waals surface area (Å²) in [5, 5.41) is 0. The second kappa shape index (κ2) is 3.04. The Kier molecular flexibility index (Phi) is 2.29. The Morgan fingerprint density at radius 2 is 1.75 bits per heavy atom. The van der Waals surface area contributed by atoms with Crippen LogP contribution in [-0.2, 0) is 0 Å². The van der Waals surface area contributed by atoms with Crippen LogP contribution in [0.15, 0.2) is 30.3 Å². The van der Waals surface area contributed by atoms with E-state index in [4.69, 9.17) is 3.95 Å². The molecular weight excluding hydrogens is 213 g/mol. The summed E-state index contributed by atoms with van der Waals surface area (Å²) < 4.78 is 6.76. The van der Waals surface area contributed by atoms with Crippen LogP contribution in [0.5, 0.6) is 0 Å². The summed E-state index contributed by atoms with van der Waals surface area (Å²) in [6.07, 6.45) is 0. The average Bonchev–Trinajstić information content (AvgIpc) is 1.90. The number of halogens is 1. The molecule has 8 heavy (non-hydrogen) atoms. The third-order valence-electron chi connectivity index (χ3n) is 0.859. The molecule has 44 valence electrons. The standard InChI is InChI=1S/C6H7IN/c8-7-6-4-2-1-3-5-6/h1-5H,8H2/q-1. The van der Waals surface area contributed by atoms with Crippen molar-refractivity contribution in [1.82, 2.24) is 0 Å². The number of nitrogens with two attached hydrogens (primary N) is 1. The molecule has 0 bridgehead atoms. The van der Waals surface area contributed by atoms with Gasteiger partial charge < -0.3 is 0 Å². The van der Waals surface area contributed by atoms with Crippen LogP contribution in [0.4, 0.5) is 0 Å². The molecule has 0 fully saturated rings. The van der Waals surface area contributed by atoms with Crippen LogP contribution in [0.3, 0.4) is 0 Å². The molecule has 1 rings (SSSR count). The minimum absolute atomic E-state index is 0.191. The van der Waals surface area contributed by atoms with E-state index in [-0.39, 0.29) is 21.5 Å². The number of rotatable bonds is 1. The Morgan fingerprint density at radius 1 is 1.12 bits per heavy atom. The topological polar surface area (TPSA) is 26.0 Å². The van der Waals surface area contributed by atoms with Gasteiger partial charge in [0.25, 0.3) is 0 Å². The monoisotopic (exact) mass is 220 g/mol. The maximum absolute atomic E-state index is 5.46. The van der Waals surface area contributed by atoms with Gasteiger partial charge in [-0.15, -0.1) is 0 Å². The first-order valence-electron chi connectivity index (χ1n) is 2.32. The van der Waals surface area contributed by atoms with Crippen molar-refractivity contribution in [2.24, 2.45) is 3.95 Å². The summed E-state index contributed by atoms with van der Waals surface area (Å²) in [6, 6.07) is 10.2. The second-order valence-corrected chi connectivity index (χ2v) is 3.27. The molecule has 0 aliphatic heterocycles. The van der Waals surface area contributed by atoms with E-state index < -0.39 is 0 Å². The Hall–Kier alpha value is -0.0900. The predicted octanol–water partition coefficient (Wildman–Crippen LogP) is -2.18. The molecule has 0 atom stereocenters. The zero-order valence-electron chi connectivity index (χ0n) is 4.34. The Balaban J connectivity index is 2.83. The Labute approximate surface area is 59.5 Å². The summed E-state index contributed by atoms with van der Waals surface area (Å²) in [4.78, 5) is 0. The van der Waals surface area contributed by atoms with Gasteiger partial charge in [-0.3, -0.25) is 0 Å². The van der Waals surface area contributed by atoms with Gasteiger partial charge in [0.15, 0.2) is 0 Å². The summed E-state index contributed by atoms with van der Waals surface area (Å²) >= 11 is -0.191. The molecule has 0 radical (unpaired) electrons. The van der Waals surface area contributed by atoms with Crippen LogP contribution >= 0.6 is 0 Å². The van der Waals surface area contributed by atoms with E-state index >= 15 is 0 Å². The van der Waals surface area contributed by atoms with Crippen molar-refractivity contribution in [3.05, 3.63) is 33.9 Å². The first-order chi connectivity index (χ1) is 3.93. The van der Waals surface area contributed by atoms with Gasteiger partial charge in [0.05, 0.1) is 0 Å². The minimum atomic E-state index is -0.191. The zero-order chi connectivity index (χ0) is 5.82. The van der Waals surface area contributed by atoms with Gasteiger partial charge >= 0.3 is 59.3 Å². The van der Waals surface area contributed by atoms with Gasteiger partial charge in [-0.25, -0.2) is 0 Å². The third kappa shape index (κ3) is 1.45. The normalized spacial score (nSPS) is 9.62. The molecule has 0 amide bonds. The Bertz CT molecular complexity index is 150. The van der Waals surface area contributed by atoms with Gasteiger partial charge in [0, 0.05) is 0 Å². The molecule has 0 saturated heterocycles. The molecule has 0 unspecified atom stereocenters. The fourth-order valence-corrected chi connectivity index (χ4v) is 1.32. The molecule has 0 aliphatic carbocycles. The fraction of sp³-hybridized carbons (Fsp3) is 0. The van der Waals surface area contributed by atoms with Crippen LogP contribution in [0.25, 0.3) is 0 Å². The van der Waals surface area contributed by atoms with E-state index in [1.807, 2.05) is 18.2 Å². The van der Waals surface area contributed by atoms with E-state index in [0.717, 1.165) is 0 Å². The van der Waals surface area contributed by atoms with Crippen molar-refractivity contribution in [2.45, 2.75) is 0 Å². The molecule has 0 aromatic heterocycles. The SMILES string of the molecule is N[I-]c1ccccc1. The molecule has 0 spiro atoms. The third-order valence-corrected chi connectivity index (χ3v) is 2.30. The summed E-state index contributed by atoms with van der Waals surface area (Å²) in [5.41, 5.74) is 0. The van der Waals surface area contributed by atoms with E-state index in [9.17, 15) is 0 Å². The number of hydrogen-bond acceptors (Lipinski definition) is 1. The van der Waals surface area contributed by atoms with E-state index in [1.54, 1.807) is 0 Å². The molecule has 1 aromatic carbocycles. The van der Waals surface area contributed by atoms with Gasteiger partial charge in [-0.2, -0.15) is 0 Å². The molecular formula is C6H7IN-. The average molecular weight is 220 g/mol. The summed E-state index contributed by atoms with van der Waals surface area (Å²) in [7, 11) is 0. The quantitative estimate of drug-likeness (QED) is 0.422. The summed E-state index contributed by atoms with van der Waals surface area (Å²) in [5.74, 6) is 0. The summed E-state index contributed by atoms with van der Waals surface area (Å²) in [6.45, 7) is 0. The van der Waals surface area contributed by atoms with E-state index in [2.05, 4.69) is 12.1 Å². The van der Waals surface area contributed by atoms with Gasteiger partial charge in [0.2, 0.25) is 0 Å². The van der Waals surface area contributed by atoms with E-state index in [0.29, 0.717) is 0 Å². The second-order valence-electron chi connectivity index (χ2n) is 1.40. The van der Waals surface area contributed by atoms with Crippen LogP contribution in [0, 0.1) is 3.57 Å². The fourth-order valence-electron chi connectivity index (χ4n) is 0.487. The van der Waals surface area contributed by atoms with Crippen molar-refractivity contribution in [3.8, 4) is 0 Å². The van der Waals surface area contributed by atoms with Crippen molar-refractivity contribution in [3.63, 3.8) is 0 Å². The van der Waals surface area contributed by atoms with Gasteiger partial charge in [-0.05, 0) is 0 Å². The van der Waals surface area contributed by atoms with Gasteiger partial charge in [-0.1, -0.05) is 0 Å².